The Hall–Kier alpha value is -2.14. The van der Waals surface area contributed by atoms with Crippen LogP contribution in [-0.2, 0) is 4.79 Å². The summed E-state index contributed by atoms with van der Waals surface area (Å²) in [5.41, 5.74) is 0.684. The first-order valence-corrected chi connectivity index (χ1v) is 7.53. The van der Waals surface area contributed by atoms with Crippen molar-refractivity contribution in [3.05, 3.63) is 35.6 Å². The molecule has 0 spiro atoms. The van der Waals surface area contributed by atoms with Crippen LogP contribution in [0.15, 0.2) is 24.3 Å². The van der Waals surface area contributed by atoms with E-state index < -0.39 is 23.9 Å². The Kier molecular flexibility index (Phi) is 5.78. The normalized spacial score (nSPS) is 22.0. The van der Waals surface area contributed by atoms with E-state index in [1.54, 1.807) is 0 Å². The summed E-state index contributed by atoms with van der Waals surface area (Å²) < 4.78 is 50.8. The average molecular weight is 343 g/mol. The van der Waals surface area contributed by atoms with Crippen LogP contribution < -0.4 is 5.32 Å². The van der Waals surface area contributed by atoms with Gasteiger partial charge in [0.05, 0.1) is 6.07 Å². The molecule has 0 bridgehead atoms. The molecule has 2 atom stereocenters. The van der Waals surface area contributed by atoms with Gasteiger partial charge in [-0.2, -0.15) is 18.4 Å². The van der Waals surface area contributed by atoms with Crippen LogP contribution in [0, 0.1) is 17.1 Å². The summed E-state index contributed by atoms with van der Waals surface area (Å²) in [6.07, 6.45) is -4.18. The zero-order chi connectivity index (χ0) is 17.7. The molecular weight excluding hydrogens is 326 g/mol. The van der Waals surface area contributed by atoms with E-state index in [9.17, 15) is 22.4 Å². The van der Waals surface area contributed by atoms with Crippen molar-refractivity contribution in [1.82, 2.24) is 10.2 Å². The van der Waals surface area contributed by atoms with Gasteiger partial charge in [-0.25, -0.2) is 4.39 Å². The van der Waals surface area contributed by atoms with E-state index in [-0.39, 0.29) is 18.9 Å². The van der Waals surface area contributed by atoms with Crippen molar-refractivity contribution in [3.8, 4) is 6.07 Å². The zero-order valence-corrected chi connectivity index (χ0v) is 12.8. The quantitative estimate of drug-likeness (QED) is 0.855. The minimum absolute atomic E-state index is 0.214. The van der Waals surface area contributed by atoms with Crippen molar-refractivity contribution in [2.24, 2.45) is 0 Å². The van der Waals surface area contributed by atoms with E-state index in [1.165, 1.54) is 24.3 Å². The first-order chi connectivity index (χ1) is 11.3. The van der Waals surface area contributed by atoms with E-state index in [0.29, 0.717) is 25.1 Å². The van der Waals surface area contributed by atoms with Crippen molar-refractivity contribution in [2.45, 2.75) is 31.0 Å². The number of nitriles is 1. The number of nitrogens with zero attached hydrogens (tertiary/aromatic N) is 2. The molecule has 1 fully saturated rings. The number of amides is 1. The third-order valence-electron chi connectivity index (χ3n) is 4.11. The zero-order valence-electron chi connectivity index (χ0n) is 12.8. The summed E-state index contributed by atoms with van der Waals surface area (Å²) >= 11 is 0. The van der Waals surface area contributed by atoms with Gasteiger partial charge in [0.1, 0.15) is 5.82 Å². The van der Waals surface area contributed by atoms with Gasteiger partial charge in [-0.1, -0.05) is 12.1 Å². The van der Waals surface area contributed by atoms with Crippen molar-refractivity contribution in [3.63, 3.8) is 0 Å². The molecule has 0 aromatic heterocycles. The van der Waals surface area contributed by atoms with Crippen molar-refractivity contribution >= 4 is 5.91 Å². The summed E-state index contributed by atoms with van der Waals surface area (Å²) in [5.74, 6) is -2.75. The molecule has 130 valence electrons. The fraction of sp³-hybridized carbons (Fsp3) is 0.500. The number of rotatable bonds is 4. The Morgan fingerprint density at radius 1 is 1.33 bits per heavy atom. The minimum Gasteiger partial charge on any atom is -0.344 e. The smallest absolute Gasteiger partial charge is 0.344 e. The highest BCUT2D eigenvalue weighted by molar-refractivity contribution is 5.82. The molecule has 0 aliphatic carbocycles. The first kappa shape index (κ1) is 18.2. The maximum atomic E-state index is 13.1. The highest BCUT2D eigenvalue weighted by Gasteiger charge is 2.42. The van der Waals surface area contributed by atoms with Crippen molar-refractivity contribution < 1.29 is 22.4 Å². The molecule has 0 saturated carbocycles. The lowest BCUT2D eigenvalue weighted by molar-refractivity contribution is -0.174. The average Bonchev–Trinajstić information content (AvgIpc) is 2.53. The van der Waals surface area contributed by atoms with Gasteiger partial charge < -0.3 is 10.2 Å². The largest absolute Gasteiger partial charge is 0.471 e. The van der Waals surface area contributed by atoms with Crippen LogP contribution in [0.1, 0.15) is 24.3 Å². The summed E-state index contributed by atoms with van der Waals surface area (Å²) in [4.78, 5) is 13.2. The highest BCUT2D eigenvalue weighted by atomic mass is 19.4. The Balaban J connectivity index is 2.16. The van der Waals surface area contributed by atoms with Crippen LogP contribution in [0.5, 0.6) is 0 Å². The number of nitrogens with one attached hydrogen (secondary N) is 1. The Bertz CT molecular complexity index is 609. The molecule has 0 unspecified atom stereocenters. The number of carbonyl (C=O) groups excluding carboxylic acids is 1. The third kappa shape index (κ3) is 4.68. The second-order valence-electron chi connectivity index (χ2n) is 5.73. The standard InChI is InChI=1S/C16H17F4N3O/c17-12-4-2-11(3-5-12)13-6-9-23(8-1-7-21)10-14(13)22-15(24)16(18,19)20/h2-5,13-14H,1,6,8-10H2,(H,22,24)/t13-,14-/m1/s1. The van der Waals surface area contributed by atoms with Crippen molar-refractivity contribution in [1.29, 1.82) is 5.26 Å². The van der Waals surface area contributed by atoms with E-state index >= 15 is 0 Å². The molecule has 0 radical (unpaired) electrons. The Labute approximate surface area is 137 Å². The number of halogens is 4. The SMILES string of the molecule is N#CCCN1CC[C@H](c2ccc(F)cc2)[C@H](NC(=O)C(F)(F)F)C1. The van der Waals surface area contributed by atoms with Crippen LogP contribution in [0.2, 0.25) is 0 Å². The first-order valence-electron chi connectivity index (χ1n) is 7.53. The predicted molar refractivity (Wildman–Crippen MR) is 78.4 cm³/mol. The molecule has 1 heterocycles. The molecule has 2 rings (SSSR count). The van der Waals surface area contributed by atoms with Crippen LogP contribution in [0.25, 0.3) is 0 Å². The molecule has 1 saturated heterocycles. The highest BCUT2D eigenvalue weighted by Crippen LogP contribution is 2.29. The van der Waals surface area contributed by atoms with E-state index in [0.717, 1.165) is 0 Å². The number of alkyl halides is 3. The number of piperidine rings is 1. The fourth-order valence-corrected chi connectivity index (χ4v) is 2.94. The molecule has 1 aromatic carbocycles. The number of hydrogen-bond acceptors (Lipinski definition) is 3. The monoisotopic (exact) mass is 343 g/mol. The lowest BCUT2D eigenvalue weighted by Gasteiger charge is -2.39. The van der Waals surface area contributed by atoms with Gasteiger partial charge in [0.15, 0.2) is 0 Å². The predicted octanol–water partition coefficient (Wildman–Crippen LogP) is 2.58. The second-order valence-corrected chi connectivity index (χ2v) is 5.73. The fourth-order valence-electron chi connectivity index (χ4n) is 2.94. The summed E-state index contributed by atoms with van der Waals surface area (Å²) in [6, 6.07) is 6.79. The molecule has 24 heavy (non-hydrogen) atoms. The van der Waals surface area contributed by atoms with Crippen LogP contribution in [0.4, 0.5) is 17.6 Å². The van der Waals surface area contributed by atoms with Gasteiger partial charge in [-0.3, -0.25) is 4.79 Å². The topological polar surface area (TPSA) is 56.1 Å². The second kappa shape index (κ2) is 7.62. The molecule has 1 amide bonds. The molecule has 8 heteroatoms. The maximum Gasteiger partial charge on any atom is 0.471 e. The summed E-state index contributed by atoms with van der Waals surface area (Å²) in [5, 5.41) is 10.7. The summed E-state index contributed by atoms with van der Waals surface area (Å²) in [6.45, 7) is 1.25. The molecule has 4 nitrogen and oxygen atoms in total. The number of likely N-dealkylation sites (tertiary alicyclic amines) is 1. The molecule has 1 aliphatic heterocycles. The van der Waals surface area contributed by atoms with E-state index in [2.05, 4.69) is 0 Å². The van der Waals surface area contributed by atoms with Gasteiger partial charge in [0.2, 0.25) is 0 Å². The Morgan fingerprint density at radius 2 is 2.00 bits per heavy atom. The lowest BCUT2D eigenvalue weighted by atomic mass is 9.85. The van der Waals surface area contributed by atoms with Gasteiger partial charge in [-0.05, 0) is 30.7 Å². The van der Waals surface area contributed by atoms with E-state index in [1.807, 2.05) is 16.3 Å². The van der Waals surface area contributed by atoms with Gasteiger partial charge in [0, 0.05) is 31.5 Å². The van der Waals surface area contributed by atoms with Gasteiger partial charge in [0.25, 0.3) is 0 Å². The lowest BCUT2D eigenvalue weighted by Crippen LogP contribution is -2.54. The van der Waals surface area contributed by atoms with Crippen molar-refractivity contribution in [2.75, 3.05) is 19.6 Å². The molecule has 1 N–H and O–H groups in total. The molecule has 1 aliphatic rings. The molecular formula is C16H17F4N3O. The van der Waals surface area contributed by atoms with Crippen LogP contribution in [0.3, 0.4) is 0 Å². The molecule has 1 aromatic rings. The number of benzene rings is 1. The number of carbonyl (C=O) groups is 1. The maximum absolute atomic E-state index is 13.1. The van der Waals surface area contributed by atoms with Gasteiger partial charge in [-0.15, -0.1) is 0 Å². The Morgan fingerprint density at radius 3 is 2.58 bits per heavy atom. The third-order valence-corrected chi connectivity index (χ3v) is 4.11. The number of hydrogen-bond donors (Lipinski definition) is 1. The summed E-state index contributed by atoms with van der Waals surface area (Å²) in [7, 11) is 0. The van der Waals surface area contributed by atoms with Gasteiger partial charge >= 0.3 is 12.1 Å². The minimum atomic E-state index is -4.96. The van der Waals surface area contributed by atoms with Crippen LogP contribution >= 0.6 is 0 Å². The van der Waals surface area contributed by atoms with Crippen LogP contribution in [-0.4, -0.2) is 42.7 Å². The van der Waals surface area contributed by atoms with E-state index in [4.69, 9.17) is 5.26 Å².